The van der Waals surface area contributed by atoms with E-state index in [2.05, 4.69) is 22.2 Å². The lowest BCUT2D eigenvalue weighted by atomic mass is 10.2. The fraction of sp³-hybridized carbons (Fsp3) is 1.00. The highest BCUT2D eigenvalue weighted by molar-refractivity contribution is 4.72. The second kappa shape index (κ2) is 8.83. The highest BCUT2D eigenvalue weighted by Gasteiger charge is 2.15. The quantitative estimate of drug-likeness (QED) is 0.550. The van der Waals surface area contributed by atoms with E-state index in [0.29, 0.717) is 0 Å². The van der Waals surface area contributed by atoms with Gasteiger partial charge in [-0.1, -0.05) is 0 Å². The number of methoxy groups -OCH3 is 1. The molecule has 0 spiro atoms. The second-order valence-electron chi connectivity index (χ2n) is 4.81. The first kappa shape index (κ1) is 14.9. The van der Waals surface area contributed by atoms with Crippen molar-refractivity contribution in [1.82, 2.24) is 15.1 Å². The number of rotatable bonds is 8. The Morgan fingerprint density at radius 3 is 2.76 bits per heavy atom. The van der Waals surface area contributed by atoms with Crippen LogP contribution in [0.2, 0.25) is 0 Å². The molecule has 1 aliphatic rings. The number of aliphatic hydroxyl groups is 1. The molecule has 1 rings (SSSR count). The van der Waals surface area contributed by atoms with Gasteiger partial charge in [0.15, 0.2) is 0 Å². The predicted molar refractivity (Wildman–Crippen MR) is 69.3 cm³/mol. The standard InChI is InChI=1S/C12H27N3O2/c1-14(6-3-9-17-2)10-12(16)11-15-7-4-13-5-8-15/h12-13,16H,3-11H2,1-2H3. The Balaban J connectivity index is 2.07. The van der Waals surface area contributed by atoms with Gasteiger partial charge in [-0.15, -0.1) is 0 Å². The van der Waals surface area contributed by atoms with Crippen LogP contribution in [0.1, 0.15) is 6.42 Å². The largest absolute Gasteiger partial charge is 0.390 e. The van der Waals surface area contributed by atoms with E-state index in [1.54, 1.807) is 7.11 Å². The van der Waals surface area contributed by atoms with E-state index in [4.69, 9.17) is 4.74 Å². The summed E-state index contributed by atoms with van der Waals surface area (Å²) < 4.78 is 5.01. The molecular formula is C12H27N3O2. The van der Waals surface area contributed by atoms with Crippen molar-refractivity contribution in [2.75, 3.05) is 66.6 Å². The predicted octanol–water partition coefficient (Wildman–Crippen LogP) is -0.779. The molecule has 1 heterocycles. The molecule has 102 valence electrons. The Kier molecular flexibility index (Phi) is 7.72. The van der Waals surface area contributed by atoms with Crippen LogP contribution in [0.4, 0.5) is 0 Å². The number of ether oxygens (including phenoxy) is 1. The van der Waals surface area contributed by atoms with E-state index in [9.17, 15) is 5.11 Å². The molecule has 1 unspecified atom stereocenters. The average Bonchev–Trinajstić information content (AvgIpc) is 2.30. The van der Waals surface area contributed by atoms with E-state index in [0.717, 1.165) is 58.8 Å². The third-order valence-electron chi connectivity index (χ3n) is 3.09. The fourth-order valence-corrected chi connectivity index (χ4v) is 2.18. The van der Waals surface area contributed by atoms with Crippen LogP contribution < -0.4 is 5.32 Å². The molecule has 5 nitrogen and oxygen atoms in total. The fourth-order valence-electron chi connectivity index (χ4n) is 2.18. The summed E-state index contributed by atoms with van der Waals surface area (Å²) in [6.07, 6.45) is 0.772. The van der Waals surface area contributed by atoms with Gasteiger partial charge in [0.25, 0.3) is 0 Å². The second-order valence-corrected chi connectivity index (χ2v) is 4.81. The van der Waals surface area contributed by atoms with Crippen molar-refractivity contribution in [3.8, 4) is 0 Å². The molecule has 0 aromatic rings. The van der Waals surface area contributed by atoms with Crippen LogP contribution in [0.3, 0.4) is 0 Å². The number of likely N-dealkylation sites (N-methyl/N-ethyl adjacent to an activating group) is 1. The molecule has 1 saturated heterocycles. The van der Waals surface area contributed by atoms with Gasteiger partial charge in [-0.3, -0.25) is 4.90 Å². The van der Waals surface area contributed by atoms with E-state index >= 15 is 0 Å². The van der Waals surface area contributed by atoms with Crippen molar-refractivity contribution in [2.45, 2.75) is 12.5 Å². The molecule has 0 saturated carbocycles. The first-order chi connectivity index (χ1) is 8.22. The number of nitrogens with zero attached hydrogens (tertiary/aromatic N) is 2. The van der Waals surface area contributed by atoms with Gasteiger partial charge in [0.05, 0.1) is 6.10 Å². The molecule has 0 aromatic heterocycles. The monoisotopic (exact) mass is 245 g/mol. The molecule has 0 aliphatic carbocycles. The van der Waals surface area contributed by atoms with E-state index in [1.165, 1.54) is 0 Å². The van der Waals surface area contributed by atoms with Gasteiger partial charge in [-0.2, -0.15) is 0 Å². The maximum absolute atomic E-state index is 9.99. The molecule has 0 aromatic carbocycles. The molecule has 5 heteroatoms. The first-order valence-electron chi connectivity index (χ1n) is 6.51. The lowest BCUT2D eigenvalue weighted by Crippen LogP contribution is -2.48. The number of aliphatic hydroxyl groups excluding tert-OH is 1. The molecule has 0 radical (unpaired) electrons. The van der Waals surface area contributed by atoms with Gasteiger partial charge < -0.3 is 20.1 Å². The lowest BCUT2D eigenvalue weighted by molar-refractivity contribution is 0.0740. The summed E-state index contributed by atoms with van der Waals surface area (Å²) >= 11 is 0. The van der Waals surface area contributed by atoms with Crippen molar-refractivity contribution in [3.63, 3.8) is 0 Å². The van der Waals surface area contributed by atoms with Crippen LogP contribution in [0, 0.1) is 0 Å². The third-order valence-corrected chi connectivity index (χ3v) is 3.09. The summed E-state index contributed by atoms with van der Waals surface area (Å²) in [5, 5.41) is 13.3. The lowest BCUT2D eigenvalue weighted by Gasteiger charge is -2.30. The maximum Gasteiger partial charge on any atom is 0.0793 e. The van der Waals surface area contributed by atoms with Crippen LogP contribution in [0.15, 0.2) is 0 Å². The number of nitrogens with one attached hydrogen (secondary N) is 1. The Labute approximate surface area is 105 Å². The summed E-state index contributed by atoms with van der Waals surface area (Å²) in [4.78, 5) is 4.50. The van der Waals surface area contributed by atoms with Crippen molar-refractivity contribution < 1.29 is 9.84 Å². The minimum atomic E-state index is -0.249. The number of hydrogen-bond donors (Lipinski definition) is 2. The zero-order chi connectivity index (χ0) is 12.5. The molecule has 17 heavy (non-hydrogen) atoms. The zero-order valence-electron chi connectivity index (χ0n) is 11.2. The Hall–Kier alpha value is -0.200. The summed E-state index contributed by atoms with van der Waals surface area (Å²) in [5.41, 5.74) is 0. The zero-order valence-corrected chi connectivity index (χ0v) is 11.2. The van der Waals surface area contributed by atoms with Crippen LogP contribution in [-0.4, -0.2) is 87.6 Å². The van der Waals surface area contributed by atoms with Crippen molar-refractivity contribution in [3.05, 3.63) is 0 Å². The highest BCUT2D eigenvalue weighted by Crippen LogP contribution is 1.98. The Morgan fingerprint density at radius 2 is 2.12 bits per heavy atom. The van der Waals surface area contributed by atoms with E-state index < -0.39 is 0 Å². The number of piperazine rings is 1. The van der Waals surface area contributed by atoms with Gasteiger partial charge in [0.2, 0.25) is 0 Å². The van der Waals surface area contributed by atoms with Gasteiger partial charge in [-0.25, -0.2) is 0 Å². The molecule has 1 atom stereocenters. The highest BCUT2D eigenvalue weighted by atomic mass is 16.5. The number of hydrogen-bond acceptors (Lipinski definition) is 5. The van der Waals surface area contributed by atoms with Gasteiger partial charge >= 0.3 is 0 Å². The van der Waals surface area contributed by atoms with Crippen molar-refractivity contribution >= 4 is 0 Å². The first-order valence-corrected chi connectivity index (χ1v) is 6.51. The summed E-state index contributed by atoms with van der Waals surface area (Å²) in [5.74, 6) is 0. The summed E-state index contributed by atoms with van der Waals surface area (Å²) in [6.45, 7) is 7.47. The molecule has 0 bridgehead atoms. The summed E-state index contributed by atoms with van der Waals surface area (Å²) in [6, 6.07) is 0. The average molecular weight is 245 g/mol. The molecule has 2 N–H and O–H groups in total. The van der Waals surface area contributed by atoms with Gasteiger partial charge in [0, 0.05) is 59.5 Å². The SMILES string of the molecule is COCCCN(C)CC(O)CN1CCNCC1. The molecule has 1 fully saturated rings. The van der Waals surface area contributed by atoms with Crippen LogP contribution in [0.25, 0.3) is 0 Å². The van der Waals surface area contributed by atoms with E-state index in [-0.39, 0.29) is 6.10 Å². The normalized spacial score (nSPS) is 19.8. The van der Waals surface area contributed by atoms with Gasteiger partial charge in [-0.05, 0) is 13.5 Å². The van der Waals surface area contributed by atoms with Crippen molar-refractivity contribution in [2.24, 2.45) is 0 Å². The minimum Gasteiger partial charge on any atom is -0.390 e. The van der Waals surface area contributed by atoms with Crippen LogP contribution >= 0.6 is 0 Å². The molecule has 0 amide bonds. The van der Waals surface area contributed by atoms with Crippen molar-refractivity contribution in [1.29, 1.82) is 0 Å². The topological polar surface area (TPSA) is 48.0 Å². The Bertz CT molecular complexity index is 187. The maximum atomic E-state index is 9.99. The van der Waals surface area contributed by atoms with E-state index in [1.807, 2.05) is 0 Å². The minimum absolute atomic E-state index is 0.249. The van der Waals surface area contributed by atoms with Gasteiger partial charge in [0.1, 0.15) is 0 Å². The number of β-amino-alcohol motifs (C(OH)–C–C–N with tert-alkyl or cyclic N) is 1. The van der Waals surface area contributed by atoms with Crippen LogP contribution in [0.5, 0.6) is 0 Å². The smallest absolute Gasteiger partial charge is 0.0793 e. The third kappa shape index (κ3) is 6.95. The van der Waals surface area contributed by atoms with Crippen LogP contribution in [-0.2, 0) is 4.74 Å². The Morgan fingerprint density at radius 1 is 1.41 bits per heavy atom. The summed E-state index contributed by atoms with van der Waals surface area (Å²) in [7, 11) is 3.77. The molecular weight excluding hydrogens is 218 g/mol. The molecule has 1 aliphatic heterocycles.